The van der Waals surface area contributed by atoms with Crippen LogP contribution in [0.2, 0.25) is 0 Å². The summed E-state index contributed by atoms with van der Waals surface area (Å²) < 4.78 is 5.21. The van der Waals surface area contributed by atoms with E-state index in [9.17, 15) is 0 Å². The summed E-state index contributed by atoms with van der Waals surface area (Å²) in [6, 6.07) is 12.5. The second-order valence-corrected chi connectivity index (χ2v) is 5.19. The van der Waals surface area contributed by atoms with E-state index in [4.69, 9.17) is 10.5 Å². The van der Waals surface area contributed by atoms with E-state index in [2.05, 4.69) is 22.4 Å². The van der Waals surface area contributed by atoms with Gasteiger partial charge in [-0.15, -0.1) is 12.4 Å². The van der Waals surface area contributed by atoms with Crippen LogP contribution >= 0.6 is 12.4 Å². The molecule has 21 heavy (non-hydrogen) atoms. The zero-order valence-electron chi connectivity index (χ0n) is 12.0. The summed E-state index contributed by atoms with van der Waals surface area (Å²) in [7, 11) is 1.68. The van der Waals surface area contributed by atoms with Crippen LogP contribution in [0, 0.1) is 0 Å². The average Bonchev–Trinajstić information content (AvgIpc) is 3.23. The summed E-state index contributed by atoms with van der Waals surface area (Å²) in [4.78, 5) is 4.43. The van der Waals surface area contributed by atoms with E-state index in [0.717, 1.165) is 24.5 Å². The molecular weight excluding hydrogens is 286 g/mol. The monoisotopic (exact) mass is 305 g/mol. The summed E-state index contributed by atoms with van der Waals surface area (Å²) in [6.45, 7) is 0.729. The summed E-state index contributed by atoms with van der Waals surface area (Å²) in [5.41, 5.74) is 8.25. The van der Waals surface area contributed by atoms with E-state index >= 15 is 0 Å². The Morgan fingerprint density at radius 3 is 2.76 bits per heavy atom. The molecule has 0 amide bonds. The Morgan fingerprint density at radius 2 is 2.14 bits per heavy atom. The minimum Gasteiger partial charge on any atom is -0.497 e. The Bertz CT molecular complexity index is 588. The lowest BCUT2D eigenvalue weighted by Gasteiger charge is -2.08. The van der Waals surface area contributed by atoms with Gasteiger partial charge in [0.15, 0.2) is 0 Å². The van der Waals surface area contributed by atoms with E-state index < -0.39 is 0 Å². The van der Waals surface area contributed by atoms with Crippen molar-refractivity contribution in [2.45, 2.75) is 24.9 Å². The fourth-order valence-corrected chi connectivity index (χ4v) is 2.30. The molecule has 0 saturated heterocycles. The van der Waals surface area contributed by atoms with Gasteiger partial charge in [-0.1, -0.05) is 18.2 Å². The van der Waals surface area contributed by atoms with E-state index in [1.54, 1.807) is 7.11 Å². The number of hydrogen-bond acceptors (Lipinski definition) is 4. The molecular formula is C16H20ClN3O. The molecule has 1 fully saturated rings. The Kier molecular flexibility index (Phi) is 5.04. The lowest BCUT2D eigenvalue weighted by Crippen LogP contribution is -2.03. The van der Waals surface area contributed by atoms with Gasteiger partial charge in [-0.05, 0) is 35.7 Å². The average molecular weight is 306 g/mol. The first-order valence-corrected chi connectivity index (χ1v) is 6.84. The highest BCUT2D eigenvalue weighted by Gasteiger charge is 2.34. The molecule has 0 radical (unpaired) electrons. The third-order valence-corrected chi connectivity index (χ3v) is 3.66. The maximum Gasteiger partial charge on any atom is 0.126 e. The van der Waals surface area contributed by atoms with Crippen molar-refractivity contribution in [2.24, 2.45) is 5.73 Å². The maximum absolute atomic E-state index is 5.84. The first-order chi connectivity index (χ1) is 9.76. The zero-order chi connectivity index (χ0) is 13.9. The molecule has 1 aromatic heterocycles. The molecule has 112 valence electrons. The van der Waals surface area contributed by atoms with E-state index in [-0.39, 0.29) is 12.4 Å². The number of halogens is 1. The van der Waals surface area contributed by atoms with Gasteiger partial charge in [-0.2, -0.15) is 0 Å². The molecule has 3 rings (SSSR count). The number of rotatable bonds is 5. The molecule has 2 atom stereocenters. The number of ether oxygens (including phenoxy) is 1. The van der Waals surface area contributed by atoms with Crippen molar-refractivity contribution >= 4 is 18.2 Å². The van der Waals surface area contributed by atoms with Crippen molar-refractivity contribution in [1.29, 1.82) is 0 Å². The Labute approximate surface area is 131 Å². The standard InChI is InChI=1S/C16H19N3O.ClH/c1-20-13-4-2-3-11(7-13)9-18-16-6-5-12(10-19-16)14-8-15(14)17;/h2-7,10,14-15H,8-9,17H2,1H3,(H,18,19);1H. The predicted molar refractivity (Wildman–Crippen MR) is 87.1 cm³/mol. The fraction of sp³-hybridized carbons (Fsp3) is 0.312. The van der Waals surface area contributed by atoms with E-state index in [0.29, 0.717) is 12.0 Å². The molecule has 1 aliphatic carbocycles. The van der Waals surface area contributed by atoms with Gasteiger partial charge < -0.3 is 15.8 Å². The summed E-state index contributed by atoms with van der Waals surface area (Å²) in [6.07, 6.45) is 3.00. The number of pyridine rings is 1. The smallest absolute Gasteiger partial charge is 0.126 e. The van der Waals surface area contributed by atoms with Crippen molar-refractivity contribution < 1.29 is 4.74 Å². The third kappa shape index (κ3) is 3.86. The molecule has 0 aliphatic heterocycles. The van der Waals surface area contributed by atoms with Crippen LogP contribution in [-0.4, -0.2) is 18.1 Å². The maximum atomic E-state index is 5.84. The highest BCUT2D eigenvalue weighted by atomic mass is 35.5. The largest absolute Gasteiger partial charge is 0.497 e. The number of anilines is 1. The van der Waals surface area contributed by atoms with Gasteiger partial charge in [0.2, 0.25) is 0 Å². The van der Waals surface area contributed by atoms with Crippen LogP contribution in [0.15, 0.2) is 42.6 Å². The first kappa shape index (κ1) is 15.6. The summed E-state index contributed by atoms with van der Waals surface area (Å²) >= 11 is 0. The number of nitrogens with one attached hydrogen (secondary N) is 1. The molecule has 1 aliphatic rings. The molecule has 0 spiro atoms. The van der Waals surface area contributed by atoms with Crippen LogP contribution in [0.25, 0.3) is 0 Å². The number of nitrogens with two attached hydrogens (primary N) is 1. The van der Waals surface area contributed by atoms with Crippen molar-refractivity contribution in [3.05, 3.63) is 53.7 Å². The van der Waals surface area contributed by atoms with Gasteiger partial charge in [-0.3, -0.25) is 0 Å². The Morgan fingerprint density at radius 1 is 1.33 bits per heavy atom. The third-order valence-electron chi connectivity index (χ3n) is 3.66. The molecule has 2 unspecified atom stereocenters. The van der Waals surface area contributed by atoms with Crippen molar-refractivity contribution in [2.75, 3.05) is 12.4 Å². The molecule has 1 saturated carbocycles. The number of methoxy groups -OCH3 is 1. The molecule has 5 heteroatoms. The molecule has 1 aromatic carbocycles. The number of benzene rings is 1. The fourth-order valence-electron chi connectivity index (χ4n) is 2.30. The van der Waals surface area contributed by atoms with Gasteiger partial charge in [0.05, 0.1) is 7.11 Å². The van der Waals surface area contributed by atoms with Crippen LogP contribution in [0.4, 0.5) is 5.82 Å². The molecule has 4 nitrogen and oxygen atoms in total. The topological polar surface area (TPSA) is 60.2 Å². The Hall–Kier alpha value is -1.78. The predicted octanol–water partition coefficient (Wildman–Crippen LogP) is 2.94. The van der Waals surface area contributed by atoms with Crippen LogP contribution in [0.1, 0.15) is 23.5 Å². The number of nitrogens with zero attached hydrogens (tertiary/aromatic N) is 1. The number of aromatic nitrogens is 1. The van der Waals surface area contributed by atoms with Crippen LogP contribution in [0.5, 0.6) is 5.75 Å². The highest BCUT2D eigenvalue weighted by Crippen LogP contribution is 2.38. The SMILES string of the molecule is COc1cccc(CNc2ccc(C3CC3N)cn2)c1.Cl. The van der Waals surface area contributed by atoms with Crippen LogP contribution in [-0.2, 0) is 6.54 Å². The lowest BCUT2D eigenvalue weighted by atomic mass is 10.2. The van der Waals surface area contributed by atoms with Gasteiger partial charge in [0.1, 0.15) is 11.6 Å². The van der Waals surface area contributed by atoms with Gasteiger partial charge in [0.25, 0.3) is 0 Å². The number of hydrogen-bond donors (Lipinski definition) is 2. The van der Waals surface area contributed by atoms with E-state index in [1.165, 1.54) is 11.1 Å². The summed E-state index contributed by atoms with van der Waals surface area (Å²) in [5, 5.41) is 3.31. The van der Waals surface area contributed by atoms with Crippen molar-refractivity contribution in [3.63, 3.8) is 0 Å². The lowest BCUT2D eigenvalue weighted by molar-refractivity contribution is 0.414. The zero-order valence-corrected chi connectivity index (χ0v) is 12.8. The van der Waals surface area contributed by atoms with Crippen molar-refractivity contribution in [3.8, 4) is 5.75 Å². The highest BCUT2D eigenvalue weighted by molar-refractivity contribution is 5.85. The first-order valence-electron chi connectivity index (χ1n) is 6.84. The molecule has 3 N–H and O–H groups in total. The second-order valence-electron chi connectivity index (χ2n) is 5.19. The van der Waals surface area contributed by atoms with Gasteiger partial charge in [-0.25, -0.2) is 4.98 Å². The second kappa shape index (κ2) is 6.78. The van der Waals surface area contributed by atoms with E-state index in [1.807, 2.05) is 30.5 Å². The quantitative estimate of drug-likeness (QED) is 0.891. The van der Waals surface area contributed by atoms with Gasteiger partial charge in [0, 0.05) is 24.7 Å². The molecule has 2 aromatic rings. The molecule has 0 bridgehead atoms. The minimum atomic E-state index is 0. The normalized spacial score (nSPS) is 19.5. The van der Waals surface area contributed by atoms with Crippen LogP contribution < -0.4 is 15.8 Å². The Balaban J connectivity index is 0.00000161. The summed E-state index contributed by atoms with van der Waals surface area (Å²) in [5.74, 6) is 2.26. The van der Waals surface area contributed by atoms with Crippen molar-refractivity contribution in [1.82, 2.24) is 4.98 Å². The minimum absolute atomic E-state index is 0. The van der Waals surface area contributed by atoms with Crippen LogP contribution in [0.3, 0.4) is 0 Å². The molecule has 1 heterocycles. The van der Waals surface area contributed by atoms with Gasteiger partial charge >= 0.3 is 0 Å².